The fourth-order valence-corrected chi connectivity index (χ4v) is 5.47. The Morgan fingerprint density at radius 1 is 1.08 bits per heavy atom. The monoisotopic (exact) mass is 501 g/mol. The molecule has 1 aromatic heterocycles. The summed E-state index contributed by atoms with van der Waals surface area (Å²) in [7, 11) is 0. The lowest BCUT2D eigenvalue weighted by Crippen LogP contribution is -2.53. The van der Waals surface area contributed by atoms with Gasteiger partial charge in [0.1, 0.15) is 17.3 Å². The summed E-state index contributed by atoms with van der Waals surface area (Å²) >= 11 is 0. The van der Waals surface area contributed by atoms with Gasteiger partial charge in [0.2, 0.25) is 0 Å². The van der Waals surface area contributed by atoms with Crippen molar-refractivity contribution in [2.24, 2.45) is 17.2 Å². The number of morpholine rings is 1. The molecule has 2 atom stereocenters. The molecule has 0 aliphatic carbocycles. The molecule has 9 nitrogen and oxygen atoms in total. The first-order valence-electron chi connectivity index (χ1n) is 12.8. The number of nitrogens with zero attached hydrogens (tertiary/aromatic N) is 4. The van der Waals surface area contributed by atoms with Gasteiger partial charge in [-0.2, -0.15) is 0 Å². The number of fused-ring (bicyclic) bond motifs is 2. The molecule has 9 heteroatoms. The largest absolute Gasteiger partial charge is 0.507 e. The van der Waals surface area contributed by atoms with Crippen LogP contribution in [0, 0.1) is 11.8 Å². The average molecular weight is 502 g/mol. The van der Waals surface area contributed by atoms with Crippen molar-refractivity contribution in [1.29, 1.82) is 0 Å². The number of hydrogen-bond acceptors (Lipinski definition) is 9. The third-order valence-electron chi connectivity index (χ3n) is 7.29. The molecule has 3 fully saturated rings. The standard InChI is InChI=1S/C28H35N7O2/c29-25(24-5-1-2-6-27(24)36)17-26(28(30)31)34-18-22-7-8-23(19-34)35(22)21-9-10-32-20(16-21)4-3-11-33-12-14-37-15-13-33/h1-2,5-6,9-10,16-17,22-23,36H,7-8,11-15,18-19,29-31H2/b25-17-. The Morgan fingerprint density at radius 3 is 2.51 bits per heavy atom. The van der Waals surface area contributed by atoms with Gasteiger partial charge >= 0.3 is 0 Å². The van der Waals surface area contributed by atoms with Gasteiger partial charge in [-0.1, -0.05) is 18.1 Å². The molecule has 0 spiro atoms. The Kier molecular flexibility index (Phi) is 7.40. The van der Waals surface area contributed by atoms with Crippen LogP contribution in [-0.2, 0) is 4.74 Å². The summed E-state index contributed by atoms with van der Waals surface area (Å²) in [5.74, 6) is 6.85. The number of rotatable bonds is 5. The second-order valence-corrected chi connectivity index (χ2v) is 9.74. The summed E-state index contributed by atoms with van der Waals surface area (Å²) in [4.78, 5) is 11.5. The van der Waals surface area contributed by atoms with Crippen LogP contribution >= 0.6 is 0 Å². The first-order chi connectivity index (χ1) is 18.0. The highest BCUT2D eigenvalue weighted by molar-refractivity contribution is 5.70. The van der Waals surface area contributed by atoms with Gasteiger partial charge in [0, 0.05) is 61.4 Å². The molecule has 194 valence electrons. The highest BCUT2D eigenvalue weighted by Crippen LogP contribution is 2.36. The number of pyridine rings is 1. The highest BCUT2D eigenvalue weighted by Gasteiger charge is 2.40. The maximum atomic E-state index is 10.2. The molecule has 3 aliphatic heterocycles. The Labute approximate surface area is 218 Å². The normalized spacial score (nSPS) is 21.9. The second kappa shape index (κ2) is 11.0. The van der Waals surface area contributed by atoms with Crippen molar-refractivity contribution in [3.8, 4) is 17.6 Å². The number of piperazine rings is 1. The van der Waals surface area contributed by atoms with Crippen molar-refractivity contribution in [2.75, 3.05) is 50.8 Å². The van der Waals surface area contributed by atoms with Crippen LogP contribution in [0.25, 0.3) is 5.70 Å². The molecule has 5 rings (SSSR count). The van der Waals surface area contributed by atoms with E-state index < -0.39 is 0 Å². The number of anilines is 1. The SMILES string of the molecule is NC(N)=C(/C=C(\N)c1ccccc1O)N1CC2CCC(C1)N2c1ccnc(C#CCN2CCOCC2)c1. The zero-order chi connectivity index (χ0) is 25.8. The van der Waals surface area contributed by atoms with Gasteiger partial charge in [-0.3, -0.25) is 4.90 Å². The van der Waals surface area contributed by atoms with Crippen molar-refractivity contribution in [2.45, 2.75) is 24.9 Å². The molecule has 2 unspecified atom stereocenters. The van der Waals surface area contributed by atoms with Gasteiger partial charge in [0.15, 0.2) is 0 Å². The Hall–Kier alpha value is -3.87. The third-order valence-corrected chi connectivity index (χ3v) is 7.29. The molecule has 37 heavy (non-hydrogen) atoms. The van der Waals surface area contributed by atoms with Crippen LogP contribution < -0.4 is 22.1 Å². The average Bonchev–Trinajstić information content (AvgIpc) is 3.17. The fourth-order valence-electron chi connectivity index (χ4n) is 5.47. The maximum absolute atomic E-state index is 10.2. The van der Waals surface area contributed by atoms with E-state index in [1.54, 1.807) is 24.3 Å². The third kappa shape index (κ3) is 5.61. The molecule has 1 aromatic carbocycles. The van der Waals surface area contributed by atoms with E-state index in [0.717, 1.165) is 70.2 Å². The number of ether oxygens (including phenoxy) is 1. The van der Waals surface area contributed by atoms with Crippen LogP contribution in [0.3, 0.4) is 0 Å². The molecule has 7 N–H and O–H groups in total. The number of phenolic OH excluding ortho intramolecular Hbond substituents is 1. The van der Waals surface area contributed by atoms with E-state index in [4.69, 9.17) is 21.9 Å². The molecule has 0 saturated carbocycles. The van der Waals surface area contributed by atoms with E-state index in [0.29, 0.717) is 29.0 Å². The van der Waals surface area contributed by atoms with E-state index in [-0.39, 0.29) is 11.6 Å². The Balaban J connectivity index is 1.30. The van der Waals surface area contributed by atoms with Crippen molar-refractivity contribution in [1.82, 2.24) is 14.8 Å². The quantitative estimate of drug-likeness (QED) is 0.353. The van der Waals surface area contributed by atoms with Crippen LogP contribution in [0.2, 0.25) is 0 Å². The number of allylic oxidation sites excluding steroid dienone is 1. The number of para-hydroxylation sites is 1. The molecule has 0 radical (unpaired) electrons. The summed E-state index contributed by atoms with van der Waals surface area (Å²) in [6, 6.07) is 11.8. The van der Waals surface area contributed by atoms with E-state index in [2.05, 4.69) is 43.7 Å². The zero-order valence-corrected chi connectivity index (χ0v) is 21.0. The van der Waals surface area contributed by atoms with Crippen LogP contribution in [0.1, 0.15) is 24.1 Å². The van der Waals surface area contributed by atoms with Gasteiger partial charge in [0.05, 0.1) is 25.5 Å². The number of phenols is 1. The van der Waals surface area contributed by atoms with Gasteiger partial charge in [-0.25, -0.2) is 4.98 Å². The van der Waals surface area contributed by atoms with Crippen LogP contribution in [0.5, 0.6) is 5.75 Å². The number of likely N-dealkylation sites (tertiary alicyclic amines) is 1. The lowest BCUT2D eigenvalue weighted by Gasteiger charge is -2.44. The molecular weight excluding hydrogens is 466 g/mol. The van der Waals surface area contributed by atoms with Crippen molar-refractivity contribution >= 4 is 11.4 Å². The van der Waals surface area contributed by atoms with Crippen LogP contribution in [-0.4, -0.2) is 77.9 Å². The van der Waals surface area contributed by atoms with Gasteiger partial charge in [-0.05, 0) is 49.1 Å². The maximum Gasteiger partial charge on any atom is 0.124 e. The minimum atomic E-state index is 0.123. The lowest BCUT2D eigenvalue weighted by atomic mass is 10.1. The topological polar surface area (TPSA) is 130 Å². The first-order valence-corrected chi connectivity index (χ1v) is 12.8. The molecule has 2 aromatic rings. The van der Waals surface area contributed by atoms with Gasteiger partial charge in [-0.15, -0.1) is 0 Å². The van der Waals surface area contributed by atoms with E-state index in [1.165, 1.54) is 0 Å². The Bertz CT molecular complexity index is 1220. The predicted molar refractivity (Wildman–Crippen MR) is 145 cm³/mol. The molecule has 3 saturated heterocycles. The van der Waals surface area contributed by atoms with Gasteiger partial charge < -0.3 is 36.8 Å². The lowest BCUT2D eigenvalue weighted by molar-refractivity contribution is 0.0443. The number of aromatic nitrogens is 1. The van der Waals surface area contributed by atoms with Crippen molar-refractivity contribution in [3.63, 3.8) is 0 Å². The van der Waals surface area contributed by atoms with Gasteiger partial charge in [0.25, 0.3) is 0 Å². The number of aromatic hydroxyl groups is 1. The predicted octanol–water partition coefficient (Wildman–Crippen LogP) is 1.21. The van der Waals surface area contributed by atoms with E-state index in [1.807, 2.05) is 12.3 Å². The minimum absolute atomic E-state index is 0.123. The molecule has 4 heterocycles. The second-order valence-electron chi connectivity index (χ2n) is 9.74. The van der Waals surface area contributed by atoms with Crippen molar-refractivity contribution in [3.05, 3.63) is 71.4 Å². The fraction of sp³-hybridized carbons (Fsp3) is 0.393. The zero-order valence-electron chi connectivity index (χ0n) is 21.0. The van der Waals surface area contributed by atoms with E-state index >= 15 is 0 Å². The smallest absolute Gasteiger partial charge is 0.124 e. The number of hydrogen-bond donors (Lipinski definition) is 4. The van der Waals surface area contributed by atoms with E-state index in [9.17, 15) is 5.11 Å². The molecule has 0 amide bonds. The summed E-state index contributed by atoms with van der Waals surface area (Å²) in [5, 5.41) is 10.2. The summed E-state index contributed by atoms with van der Waals surface area (Å²) in [5.41, 5.74) is 22.2. The molecular formula is C28H35N7O2. The number of benzene rings is 1. The summed E-state index contributed by atoms with van der Waals surface area (Å²) in [6.45, 7) is 5.66. The van der Waals surface area contributed by atoms with Crippen LogP contribution in [0.4, 0.5) is 5.69 Å². The summed E-state index contributed by atoms with van der Waals surface area (Å²) in [6.07, 6.45) is 5.78. The highest BCUT2D eigenvalue weighted by atomic mass is 16.5. The summed E-state index contributed by atoms with van der Waals surface area (Å²) < 4.78 is 5.40. The van der Waals surface area contributed by atoms with Crippen molar-refractivity contribution < 1.29 is 9.84 Å². The minimum Gasteiger partial charge on any atom is -0.507 e. The van der Waals surface area contributed by atoms with Crippen LogP contribution in [0.15, 0.2) is 60.2 Å². The molecule has 3 aliphatic rings. The molecule has 2 bridgehead atoms. The first kappa shape index (κ1) is 24.8. The Morgan fingerprint density at radius 2 is 1.81 bits per heavy atom. The number of nitrogens with two attached hydrogens (primary N) is 3.